The zero-order valence-corrected chi connectivity index (χ0v) is 19.9. The van der Waals surface area contributed by atoms with Crippen LogP contribution in [-0.2, 0) is 0 Å². The minimum Gasteiger partial charge on any atom is -0.292 e. The molecule has 168 valence electrons. The van der Waals surface area contributed by atoms with Crippen LogP contribution in [0.3, 0.4) is 0 Å². The smallest absolute Gasteiger partial charge is 0.163 e. The second kappa shape index (κ2) is 8.74. The van der Waals surface area contributed by atoms with Crippen LogP contribution in [0.5, 0.6) is 0 Å². The first-order valence-corrected chi connectivity index (χ1v) is 12.1. The Morgan fingerprint density at radius 2 is 1.66 bits per heavy atom. The largest absolute Gasteiger partial charge is 0.292 e. The van der Waals surface area contributed by atoms with E-state index >= 15 is 0 Å². The maximum Gasteiger partial charge on any atom is 0.163 e. The van der Waals surface area contributed by atoms with Gasteiger partial charge in [-0.3, -0.25) is 14.5 Å². The molecule has 5 heterocycles. The number of thiophene rings is 1. The lowest BCUT2D eigenvalue weighted by atomic mass is 10.1. The predicted molar refractivity (Wildman–Crippen MR) is 146 cm³/mol. The fraction of sp³-hybridized carbons (Fsp3) is 0.0345. The van der Waals surface area contributed by atoms with Gasteiger partial charge in [0.1, 0.15) is 5.82 Å². The number of benzene rings is 2. The lowest BCUT2D eigenvalue weighted by Crippen LogP contribution is -2.00. The molecule has 6 heteroatoms. The average Bonchev–Trinajstić information content (AvgIpc) is 3.43. The fourth-order valence-electron chi connectivity index (χ4n) is 4.40. The first-order valence-electron chi connectivity index (χ1n) is 11.3. The average molecular weight is 472 g/mol. The maximum atomic E-state index is 4.90. The van der Waals surface area contributed by atoms with Gasteiger partial charge in [-0.15, -0.1) is 17.9 Å². The Hall–Kier alpha value is -4.42. The molecule has 0 bridgehead atoms. The van der Waals surface area contributed by atoms with Crippen molar-refractivity contribution in [2.75, 3.05) is 0 Å². The number of allylic oxidation sites excluding steroid dienone is 1. The van der Waals surface area contributed by atoms with Crippen molar-refractivity contribution in [3.05, 3.63) is 104 Å². The molecule has 0 unspecified atom stereocenters. The summed E-state index contributed by atoms with van der Waals surface area (Å²) in [6.45, 7) is 5.25. The van der Waals surface area contributed by atoms with Gasteiger partial charge in [-0.2, -0.15) is 0 Å². The van der Waals surface area contributed by atoms with Crippen LogP contribution < -0.4 is 0 Å². The van der Waals surface area contributed by atoms with Gasteiger partial charge < -0.3 is 0 Å². The van der Waals surface area contributed by atoms with E-state index in [4.69, 9.17) is 9.97 Å². The summed E-state index contributed by atoms with van der Waals surface area (Å²) in [4.78, 5) is 18.3. The number of pyridine rings is 2. The number of nitrogens with zero attached hydrogens (tertiary/aromatic N) is 5. The molecule has 0 atom stereocenters. The van der Waals surface area contributed by atoms with E-state index in [2.05, 4.69) is 63.6 Å². The summed E-state index contributed by atoms with van der Waals surface area (Å²) < 4.78 is 4.73. The van der Waals surface area contributed by atoms with E-state index in [-0.39, 0.29) is 0 Å². The summed E-state index contributed by atoms with van der Waals surface area (Å²) in [6, 6.07) is 23.0. The Kier molecular flexibility index (Phi) is 5.28. The van der Waals surface area contributed by atoms with Crippen LogP contribution in [0.15, 0.2) is 104 Å². The first-order chi connectivity index (χ1) is 17.3. The molecular weight excluding hydrogens is 450 g/mol. The highest BCUT2D eigenvalue weighted by Gasteiger charge is 2.17. The summed E-state index contributed by atoms with van der Waals surface area (Å²) in [5.41, 5.74) is 3.98. The Labute approximate surface area is 206 Å². The number of rotatable bonds is 2. The minimum atomic E-state index is 0.650. The van der Waals surface area contributed by atoms with Crippen LogP contribution in [0.4, 0.5) is 0 Å². The van der Waals surface area contributed by atoms with Gasteiger partial charge in [-0.1, -0.05) is 24.3 Å². The third-order valence-electron chi connectivity index (χ3n) is 5.81. The maximum absolute atomic E-state index is 4.90. The minimum absolute atomic E-state index is 0.650. The summed E-state index contributed by atoms with van der Waals surface area (Å²) in [5.74, 6) is 1.46. The van der Waals surface area contributed by atoms with Gasteiger partial charge in [0.15, 0.2) is 5.82 Å². The molecule has 2 aromatic carbocycles. The molecule has 0 saturated carbocycles. The normalized spacial score (nSPS) is 11.1. The Morgan fingerprint density at radius 3 is 2.51 bits per heavy atom. The third kappa shape index (κ3) is 3.55. The van der Waals surface area contributed by atoms with Crippen LogP contribution in [0.25, 0.3) is 59.3 Å². The van der Waals surface area contributed by atoms with Crippen molar-refractivity contribution in [3.63, 3.8) is 0 Å². The zero-order valence-electron chi connectivity index (χ0n) is 19.1. The number of hydrogen-bond donors (Lipinski definition) is 0. The van der Waals surface area contributed by atoms with Crippen LogP contribution in [0.1, 0.15) is 6.92 Å². The Morgan fingerprint density at radius 1 is 0.800 bits per heavy atom. The quantitative estimate of drug-likeness (QED) is 0.244. The highest BCUT2D eigenvalue weighted by atomic mass is 32.1. The van der Waals surface area contributed by atoms with Gasteiger partial charge in [-0.05, 0) is 55.5 Å². The molecule has 35 heavy (non-hydrogen) atoms. The van der Waals surface area contributed by atoms with E-state index in [9.17, 15) is 0 Å². The van der Waals surface area contributed by atoms with Crippen molar-refractivity contribution in [1.29, 1.82) is 0 Å². The van der Waals surface area contributed by atoms with E-state index in [1.807, 2.05) is 48.7 Å². The second-order valence-electron chi connectivity index (χ2n) is 8.06. The molecule has 7 rings (SSSR count). The van der Waals surface area contributed by atoms with Gasteiger partial charge >= 0.3 is 0 Å². The lowest BCUT2D eigenvalue weighted by Gasteiger charge is -2.08. The molecular formula is C29H21N5S. The third-order valence-corrected chi connectivity index (χ3v) is 6.94. The second-order valence-corrected chi connectivity index (χ2v) is 9.14. The van der Waals surface area contributed by atoms with Gasteiger partial charge in [0.25, 0.3) is 0 Å². The fourth-order valence-corrected chi connectivity index (χ4v) is 5.53. The van der Waals surface area contributed by atoms with E-state index in [1.165, 1.54) is 20.2 Å². The topological polar surface area (TPSA) is 56.5 Å². The molecule has 0 aliphatic carbocycles. The molecule has 5 aromatic heterocycles. The van der Waals surface area contributed by atoms with Crippen molar-refractivity contribution >= 4 is 53.4 Å². The number of hydrogen-bond acceptors (Lipinski definition) is 5. The number of fused-ring (bicyclic) bond motifs is 6. The zero-order chi connectivity index (χ0) is 23.8. The first kappa shape index (κ1) is 21.1. The van der Waals surface area contributed by atoms with Crippen molar-refractivity contribution in [2.24, 2.45) is 0 Å². The van der Waals surface area contributed by atoms with Gasteiger partial charge in [-0.25, -0.2) is 9.97 Å². The Bertz CT molecular complexity index is 1830. The summed E-state index contributed by atoms with van der Waals surface area (Å²) in [7, 11) is 0. The van der Waals surface area contributed by atoms with E-state index in [0.29, 0.717) is 5.82 Å². The molecule has 0 amide bonds. The monoisotopic (exact) mass is 471 g/mol. The molecule has 0 aliphatic rings. The van der Waals surface area contributed by atoms with Gasteiger partial charge in [0.05, 0.1) is 16.6 Å². The van der Waals surface area contributed by atoms with Crippen LogP contribution in [-0.4, -0.2) is 24.5 Å². The molecule has 0 N–H and O–H groups in total. The molecule has 0 saturated heterocycles. The highest BCUT2D eigenvalue weighted by Crippen LogP contribution is 2.39. The van der Waals surface area contributed by atoms with Crippen molar-refractivity contribution < 1.29 is 0 Å². The Balaban J connectivity index is 0.000000727. The van der Waals surface area contributed by atoms with E-state index < -0.39 is 0 Å². The summed E-state index contributed by atoms with van der Waals surface area (Å²) >= 11 is 1.82. The molecule has 0 radical (unpaired) electrons. The number of aromatic nitrogens is 5. The SMILES string of the molecule is C=CC.c1cncc(-c2nccc(-n3c4cc5sc6ccccc6c5cc4c4ncccc43)n2)c1. The van der Waals surface area contributed by atoms with Crippen LogP contribution in [0, 0.1) is 0 Å². The highest BCUT2D eigenvalue weighted by molar-refractivity contribution is 7.25. The van der Waals surface area contributed by atoms with Gasteiger partial charge in [0.2, 0.25) is 0 Å². The molecule has 7 aromatic rings. The van der Waals surface area contributed by atoms with Crippen molar-refractivity contribution in [3.8, 4) is 17.2 Å². The van der Waals surface area contributed by atoms with Crippen LogP contribution >= 0.6 is 11.3 Å². The molecule has 0 spiro atoms. The molecule has 0 fully saturated rings. The standard InChI is InChI=1S/C26H15N5S.C3H6/c1-2-8-22-17(6-1)18-13-19-21(14-23(18)32-22)31(20-7-4-11-28-25(19)20)24-9-12-29-26(30-24)16-5-3-10-27-15-16;1-3-2/h1-15H;3H,1H2,2H3. The van der Waals surface area contributed by atoms with E-state index in [0.717, 1.165) is 33.3 Å². The van der Waals surface area contributed by atoms with Crippen LogP contribution in [0.2, 0.25) is 0 Å². The summed E-state index contributed by atoms with van der Waals surface area (Å²) in [5, 5.41) is 3.67. The summed E-state index contributed by atoms with van der Waals surface area (Å²) in [6.07, 6.45) is 8.94. The molecule has 0 aliphatic heterocycles. The lowest BCUT2D eigenvalue weighted by molar-refractivity contribution is 1.04. The van der Waals surface area contributed by atoms with Crippen molar-refractivity contribution in [2.45, 2.75) is 6.92 Å². The van der Waals surface area contributed by atoms with E-state index in [1.54, 1.807) is 24.7 Å². The van der Waals surface area contributed by atoms with Gasteiger partial charge in [0, 0.05) is 55.9 Å². The predicted octanol–water partition coefficient (Wildman–Crippen LogP) is 7.59. The molecule has 5 nitrogen and oxygen atoms in total. The van der Waals surface area contributed by atoms with Crippen molar-refractivity contribution in [1.82, 2.24) is 24.5 Å².